The molecule has 1 aromatic heterocycles. The van der Waals surface area contributed by atoms with Gasteiger partial charge in [0.25, 0.3) is 5.95 Å². The van der Waals surface area contributed by atoms with Gasteiger partial charge in [0.05, 0.1) is 13.2 Å². The van der Waals surface area contributed by atoms with E-state index >= 15 is 0 Å². The van der Waals surface area contributed by atoms with E-state index in [0.29, 0.717) is 5.92 Å². The number of hydrogen-bond donors (Lipinski definition) is 1. The average Bonchev–Trinajstić information content (AvgIpc) is 3.07. The van der Waals surface area contributed by atoms with Crippen LogP contribution in [0.4, 0.5) is 5.95 Å². The lowest BCUT2D eigenvalue weighted by Crippen LogP contribution is -2.38. The summed E-state index contributed by atoms with van der Waals surface area (Å²) in [6, 6.07) is 1.45. The molecule has 2 bridgehead atoms. The molecule has 4 heterocycles. The first-order valence-corrected chi connectivity index (χ1v) is 7.78. The molecule has 3 saturated heterocycles. The summed E-state index contributed by atoms with van der Waals surface area (Å²) in [4.78, 5) is 6.71. The summed E-state index contributed by atoms with van der Waals surface area (Å²) < 4.78 is 10.8. The first-order chi connectivity index (χ1) is 9.87. The molecule has 0 amide bonds. The highest BCUT2D eigenvalue weighted by atomic mass is 16.5. The first kappa shape index (κ1) is 12.6. The monoisotopic (exact) mass is 278 g/mol. The van der Waals surface area contributed by atoms with Crippen LogP contribution >= 0.6 is 0 Å². The van der Waals surface area contributed by atoms with E-state index in [9.17, 15) is 0 Å². The molecule has 0 radical (unpaired) electrons. The van der Waals surface area contributed by atoms with Crippen molar-refractivity contribution < 1.29 is 9.26 Å². The Morgan fingerprint density at radius 2 is 1.90 bits per heavy atom. The van der Waals surface area contributed by atoms with Gasteiger partial charge in [-0.25, -0.2) is 0 Å². The number of nitrogens with zero attached hydrogens (tertiary/aromatic N) is 3. The van der Waals surface area contributed by atoms with Gasteiger partial charge in [-0.2, -0.15) is 4.98 Å². The van der Waals surface area contributed by atoms with Gasteiger partial charge in [0, 0.05) is 31.6 Å². The van der Waals surface area contributed by atoms with Gasteiger partial charge in [0.15, 0.2) is 0 Å². The van der Waals surface area contributed by atoms with Crippen molar-refractivity contribution >= 4 is 5.95 Å². The second kappa shape index (κ2) is 5.33. The smallest absolute Gasteiger partial charge is 0.266 e. The summed E-state index contributed by atoms with van der Waals surface area (Å²) in [5, 5.41) is 7.80. The number of nitrogens with one attached hydrogen (secondary N) is 1. The predicted octanol–water partition coefficient (Wildman–Crippen LogP) is 0.979. The van der Waals surface area contributed by atoms with Crippen molar-refractivity contribution in [1.29, 1.82) is 0 Å². The molecule has 3 aliphatic rings. The van der Waals surface area contributed by atoms with Crippen molar-refractivity contribution in [3.05, 3.63) is 5.89 Å². The second-order valence-electron chi connectivity index (χ2n) is 6.27. The molecular formula is C14H22N4O2. The van der Waals surface area contributed by atoms with E-state index in [-0.39, 0.29) is 0 Å². The third kappa shape index (κ3) is 2.54. The van der Waals surface area contributed by atoms with Crippen LogP contribution in [-0.2, 0) is 11.2 Å². The van der Waals surface area contributed by atoms with E-state index in [1.807, 2.05) is 0 Å². The molecule has 0 saturated carbocycles. The minimum atomic E-state index is 0.701. The molecule has 3 fully saturated rings. The number of fused-ring (bicyclic) bond motifs is 2. The highest BCUT2D eigenvalue weighted by Gasteiger charge is 2.34. The summed E-state index contributed by atoms with van der Waals surface area (Å²) in [7, 11) is 0. The van der Waals surface area contributed by atoms with Crippen molar-refractivity contribution in [3.63, 3.8) is 0 Å². The van der Waals surface area contributed by atoms with Crippen LogP contribution in [0.25, 0.3) is 0 Å². The number of piperidine rings is 1. The fraction of sp³-hybridized carbons (Fsp3) is 0.857. The quantitative estimate of drug-likeness (QED) is 0.889. The van der Waals surface area contributed by atoms with E-state index in [4.69, 9.17) is 9.26 Å². The number of ether oxygens (including phenoxy) is 1. The Hall–Kier alpha value is -1.14. The molecule has 6 nitrogen and oxygen atoms in total. The average molecular weight is 278 g/mol. The minimum absolute atomic E-state index is 0.701. The largest absolute Gasteiger partial charge is 0.378 e. The molecule has 110 valence electrons. The van der Waals surface area contributed by atoms with E-state index in [1.165, 1.54) is 25.7 Å². The molecule has 2 unspecified atom stereocenters. The number of rotatable bonds is 3. The third-order valence-corrected chi connectivity index (χ3v) is 4.79. The minimum Gasteiger partial charge on any atom is -0.378 e. The SMILES string of the molecule is C1CN(c2noc(CC3CC4CCC(C3)N4)n2)CCO1. The zero-order chi connectivity index (χ0) is 13.4. The fourth-order valence-corrected chi connectivity index (χ4v) is 3.81. The topological polar surface area (TPSA) is 63.4 Å². The van der Waals surface area contributed by atoms with E-state index in [1.54, 1.807) is 0 Å². The summed E-state index contributed by atoms with van der Waals surface area (Å²) in [5.41, 5.74) is 0. The molecule has 3 aliphatic heterocycles. The van der Waals surface area contributed by atoms with Gasteiger partial charge < -0.3 is 19.5 Å². The Labute approximate surface area is 118 Å². The lowest BCUT2D eigenvalue weighted by Gasteiger charge is -2.28. The maximum absolute atomic E-state index is 5.45. The number of anilines is 1. The molecule has 1 N–H and O–H groups in total. The fourth-order valence-electron chi connectivity index (χ4n) is 3.81. The molecule has 0 spiro atoms. The lowest BCUT2D eigenvalue weighted by molar-refractivity contribution is 0.121. The molecule has 2 atom stereocenters. The van der Waals surface area contributed by atoms with Gasteiger partial charge >= 0.3 is 0 Å². The van der Waals surface area contributed by atoms with E-state index in [0.717, 1.165) is 56.6 Å². The molecule has 1 aromatic rings. The van der Waals surface area contributed by atoms with Gasteiger partial charge in [0.2, 0.25) is 5.89 Å². The van der Waals surface area contributed by atoms with Crippen LogP contribution in [0.2, 0.25) is 0 Å². The van der Waals surface area contributed by atoms with E-state index < -0.39 is 0 Å². The molecule has 20 heavy (non-hydrogen) atoms. The number of aromatic nitrogens is 2. The van der Waals surface area contributed by atoms with Gasteiger partial charge in [0.1, 0.15) is 0 Å². The van der Waals surface area contributed by atoms with Crippen LogP contribution in [0.15, 0.2) is 4.52 Å². The summed E-state index contributed by atoms with van der Waals surface area (Å²) >= 11 is 0. The summed E-state index contributed by atoms with van der Waals surface area (Å²) in [6.07, 6.45) is 6.12. The van der Waals surface area contributed by atoms with Crippen molar-refractivity contribution in [3.8, 4) is 0 Å². The zero-order valence-electron chi connectivity index (χ0n) is 11.8. The zero-order valence-corrected chi connectivity index (χ0v) is 11.8. The normalized spacial score (nSPS) is 33.6. The Morgan fingerprint density at radius 1 is 1.15 bits per heavy atom. The van der Waals surface area contributed by atoms with Crippen LogP contribution in [0.1, 0.15) is 31.6 Å². The highest BCUT2D eigenvalue weighted by molar-refractivity contribution is 5.28. The highest BCUT2D eigenvalue weighted by Crippen LogP contribution is 2.32. The van der Waals surface area contributed by atoms with Crippen LogP contribution in [0.5, 0.6) is 0 Å². The van der Waals surface area contributed by atoms with Crippen molar-refractivity contribution in [2.75, 3.05) is 31.2 Å². The lowest BCUT2D eigenvalue weighted by atomic mass is 9.90. The Balaban J connectivity index is 1.38. The van der Waals surface area contributed by atoms with Crippen LogP contribution < -0.4 is 10.2 Å². The molecule has 4 rings (SSSR count). The van der Waals surface area contributed by atoms with Gasteiger partial charge in [-0.1, -0.05) is 0 Å². The summed E-state index contributed by atoms with van der Waals surface area (Å²) in [5.74, 6) is 2.24. The van der Waals surface area contributed by atoms with Crippen molar-refractivity contribution in [2.45, 2.75) is 44.2 Å². The Bertz CT molecular complexity index is 446. The predicted molar refractivity (Wildman–Crippen MR) is 73.7 cm³/mol. The van der Waals surface area contributed by atoms with Crippen molar-refractivity contribution in [2.24, 2.45) is 5.92 Å². The maximum Gasteiger partial charge on any atom is 0.266 e. The van der Waals surface area contributed by atoms with Crippen molar-refractivity contribution in [1.82, 2.24) is 15.5 Å². The Morgan fingerprint density at radius 3 is 2.65 bits per heavy atom. The number of morpholine rings is 1. The van der Waals surface area contributed by atoms with Gasteiger partial charge in [-0.15, -0.1) is 0 Å². The first-order valence-electron chi connectivity index (χ1n) is 7.78. The van der Waals surface area contributed by atoms with Crippen LogP contribution in [0, 0.1) is 5.92 Å². The second-order valence-corrected chi connectivity index (χ2v) is 6.27. The molecule has 6 heteroatoms. The number of hydrogen-bond acceptors (Lipinski definition) is 6. The molecular weight excluding hydrogens is 256 g/mol. The Kier molecular flexibility index (Phi) is 3.36. The van der Waals surface area contributed by atoms with Gasteiger partial charge in [-0.05, 0) is 36.8 Å². The van der Waals surface area contributed by atoms with Gasteiger partial charge in [-0.3, -0.25) is 0 Å². The third-order valence-electron chi connectivity index (χ3n) is 4.79. The summed E-state index contributed by atoms with van der Waals surface area (Å²) in [6.45, 7) is 3.22. The standard InChI is InChI=1S/C14H22N4O2/c1-2-12-8-10(7-11(1)15-12)9-13-16-14(17-20-13)18-3-5-19-6-4-18/h10-12,15H,1-9H2. The molecule has 0 aromatic carbocycles. The molecule has 0 aliphatic carbocycles. The van der Waals surface area contributed by atoms with Crippen LogP contribution in [0.3, 0.4) is 0 Å². The maximum atomic E-state index is 5.45. The van der Waals surface area contributed by atoms with E-state index in [2.05, 4.69) is 20.4 Å². The van der Waals surface area contributed by atoms with Crippen LogP contribution in [-0.4, -0.2) is 48.5 Å².